The number of hydrogen-bond acceptors (Lipinski definition) is 5. The Balaban J connectivity index is 1.57. The molecule has 2 unspecified atom stereocenters. The summed E-state index contributed by atoms with van der Waals surface area (Å²) >= 11 is 0. The van der Waals surface area contributed by atoms with Gasteiger partial charge in [-0.2, -0.15) is 5.10 Å². The maximum Gasteiger partial charge on any atom is 0.272 e. The van der Waals surface area contributed by atoms with Crippen molar-refractivity contribution in [3.05, 3.63) is 77.9 Å². The molecular formula is C29H36N6O2. The number of nitrogens with zero attached hydrogens (tertiary/aromatic N) is 6. The number of pyridine rings is 1. The van der Waals surface area contributed by atoms with Crippen LogP contribution in [0.15, 0.2) is 61.1 Å². The second kappa shape index (κ2) is 11.3. The molecule has 1 fully saturated rings. The molecule has 5 rings (SSSR count). The van der Waals surface area contributed by atoms with E-state index in [1.807, 2.05) is 60.4 Å². The highest BCUT2D eigenvalue weighted by atomic mass is 16.2. The minimum Gasteiger partial charge on any atom is -0.331 e. The van der Waals surface area contributed by atoms with Gasteiger partial charge in [-0.15, -0.1) is 0 Å². The summed E-state index contributed by atoms with van der Waals surface area (Å²) in [6, 6.07) is 14.5. The first-order valence-corrected chi connectivity index (χ1v) is 13.3. The first kappa shape index (κ1) is 25.1. The van der Waals surface area contributed by atoms with Crippen LogP contribution in [0, 0.1) is 0 Å². The molecule has 2 atom stereocenters. The van der Waals surface area contributed by atoms with Crippen LogP contribution in [-0.4, -0.2) is 61.6 Å². The number of carbonyl (C=O) groups excluding carboxylic acids is 2. The van der Waals surface area contributed by atoms with E-state index in [-0.39, 0.29) is 17.9 Å². The minimum atomic E-state index is -0.0339. The van der Waals surface area contributed by atoms with Crippen molar-refractivity contribution < 1.29 is 9.59 Å². The Bertz CT molecular complexity index is 1230. The lowest BCUT2D eigenvalue weighted by Crippen LogP contribution is -2.52. The van der Waals surface area contributed by atoms with Gasteiger partial charge in [0.2, 0.25) is 5.91 Å². The number of benzene rings is 1. The smallest absolute Gasteiger partial charge is 0.272 e. The molecule has 2 amide bonds. The van der Waals surface area contributed by atoms with Gasteiger partial charge in [-0.25, -0.2) is 0 Å². The third kappa shape index (κ3) is 5.44. The van der Waals surface area contributed by atoms with Crippen molar-refractivity contribution >= 4 is 17.5 Å². The van der Waals surface area contributed by atoms with Gasteiger partial charge in [0.25, 0.3) is 5.91 Å². The SMILES string of the molecule is CCC(=O)N1CCC2CCCC(CN(C(=O)c3ccnn3C)Cc3ccccc31)N2Cc1ccncc1. The molecule has 4 heterocycles. The molecule has 3 aromatic rings. The lowest BCUT2D eigenvalue weighted by Gasteiger charge is -2.44. The van der Waals surface area contributed by atoms with Crippen LogP contribution in [0.4, 0.5) is 5.69 Å². The van der Waals surface area contributed by atoms with E-state index >= 15 is 0 Å². The molecule has 0 aliphatic carbocycles. The quantitative estimate of drug-likeness (QED) is 0.541. The zero-order valence-electron chi connectivity index (χ0n) is 21.8. The number of rotatable bonds is 4. The van der Waals surface area contributed by atoms with E-state index in [0.29, 0.717) is 37.8 Å². The standard InChI is InChI=1S/C29H36N6O2/c1-3-28(36)34-18-14-24-8-6-9-25(35(24)19-22-11-15-30-16-12-22)21-33(20-23-7-4-5-10-26(23)34)29(37)27-13-17-31-32(27)2/h4-5,7,10-13,15-17,24-25H,3,6,8-9,14,18-21H2,1-2H3. The molecule has 1 saturated heterocycles. The second-order valence-corrected chi connectivity index (χ2v) is 10.1. The second-order valence-electron chi connectivity index (χ2n) is 10.1. The number of aromatic nitrogens is 3. The summed E-state index contributed by atoms with van der Waals surface area (Å²) in [5.74, 6) is 0.0812. The molecular weight excluding hydrogens is 464 g/mol. The number of anilines is 1. The van der Waals surface area contributed by atoms with Crippen molar-refractivity contribution in [2.75, 3.05) is 18.0 Å². The zero-order chi connectivity index (χ0) is 25.8. The monoisotopic (exact) mass is 500 g/mol. The Morgan fingerprint density at radius 2 is 1.76 bits per heavy atom. The topological polar surface area (TPSA) is 74.6 Å². The van der Waals surface area contributed by atoms with Gasteiger partial charge in [-0.05, 0) is 54.7 Å². The van der Waals surface area contributed by atoms with Crippen LogP contribution in [-0.2, 0) is 24.9 Å². The third-order valence-electron chi connectivity index (χ3n) is 7.82. The number of fused-ring (bicyclic) bond motifs is 3. The lowest BCUT2D eigenvalue weighted by molar-refractivity contribution is -0.118. The molecule has 194 valence electrons. The summed E-state index contributed by atoms with van der Waals surface area (Å²) in [4.78, 5) is 37.8. The van der Waals surface area contributed by atoms with Gasteiger partial charge in [0.05, 0.1) is 0 Å². The summed E-state index contributed by atoms with van der Waals surface area (Å²) in [5.41, 5.74) is 3.70. The molecule has 2 aromatic heterocycles. The van der Waals surface area contributed by atoms with Gasteiger partial charge >= 0.3 is 0 Å². The Labute approximate surface area is 218 Å². The molecule has 0 spiro atoms. The van der Waals surface area contributed by atoms with Crippen LogP contribution in [0.5, 0.6) is 0 Å². The molecule has 0 radical (unpaired) electrons. The van der Waals surface area contributed by atoms with Gasteiger partial charge in [-0.1, -0.05) is 31.5 Å². The fraction of sp³-hybridized carbons (Fsp3) is 0.448. The molecule has 2 bridgehead atoms. The van der Waals surface area contributed by atoms with Crippen molar-refractivity contribution in [1.82, 2.24) is 24.6 Å². The fourth-order valence-corrected chi connectivity index (χ4v) is 5.86. The molecule has 2 aliphatic heterocycles. The van der Waals surface area contributed by atoms with Crippen molar-refractivity contribution in [2.45, 2.75) is 64.2 Å². The van der Waals surface area contributed by atoms with Gasteiger partial charge in [0.15, 0.2) is 0 Å². The van der Waals surface area contributed by atoms with Crippen LogP contribution < -0.4 is 4.90 Å². The highest BCUT2D eigenvalue weighted by molar-refractivity contribution is 5.95. The van der Waals surface area contributed by atoms with E-state index in [9.17, 15) is 9.59 Å². The summed E-state index contributed by atoms with van der Waals surface area (Å²) in [5, 5.41) is 4.25. The number of para-hydroxylation sites is 1. The number of carbonyl (C=O) groups is 2. The summed E-state index contributed by atoms with van der Waals surface area (Å²) in [7, 11) is 1.81. The van der Waals surface area contributed by atoms with E-state index in [1.54, 1.807) is 16.9 Å². The van der Waals surface area contributed by atoms with Crippen LogP contribution in [0.2, 0.25) is 0 Å². The van der Waals surface area contributed by atoms with Gasteiger partial charge in [0, 0.05) is 76.0 Å². The van der Waals surface area contributed by atoms with Crippen LogP contribution in [0.1, 0.15) is 60.6 Å². The van der Waals surface area contributed by atoms with E-state index in [1.165, 1.54) is 5.56 Å². The molecule has 8 nitrogen and oxygen atoms in total. The van der Waals surface area contributed by atoms with Crippen LogP contribution >= 0.6 is 0 Å². The molecule has 1 aromatic carbocycles. The normalized spacial score (nSPS) is 20.7. The maximum absolute atomic E-state index is 13.9. The highest BCUT2D eigenvalue weighted by Crippen LogP contribution is 2.32. The predicted octanol–water partition coefficient (Wildman–Crippen LogP) is 4.03. The zero-order valence-corrected chi connectivity index (χ0v) is 21.8. The number of amides is 2. The number of aryl methyl sites for hydroxylation is 1. The van der Waals surface area contributed by atoms with Gasteiger partial charge in [0.1, 0.15) is 5.69 Å². The lowest BCUT2D eigenvalue weighted by atomic mass is 9.92. The number of piperidine rings is 1. The maximum atomic E-state index is 13.9. The molecule has 8 heteroatoms. The van der Waals surface area contributed by atoms with Crippen molar-refractivity contribution in [1.29, 1.82) is 0 Å². The fourth-order valence-electron chi connectivity index (χ4n) is 5.86. The minimum absolute atomic E-state index is 0.0339. The van der Waals surface area contributed by atoms with E-state index in [4.69, 9.17) is 0 Å². The summed E-state index contributed by atoms with van der Waals surface area (Å²) in [6.07, 6.45) is 9.94. The van der Waals surface area contributed by atoms with Crippen LogP contribution in [0.25, 0.3) is 0 Å². The van der Waals surface area contributed by atoms with Crippen LogP contribution in [0.3, 0.4) is 0 Å². The van der Waals surface area contributed by atoms with Crippen molar-refractivity contribution in [3.63, 3.8) is 0 Å². The Morgan fingerprint density at radius 1 is 0.973 bits per heavy atom. The molecule has 37 heavy (non-hydrogen) atoms. The predicted molar refractivity (Wildman–Crippen MR) is 143 cm³/mol. The van der Waals surface area contributed by atoms with Gasteiger partial charge in [-0.3, -0.25) is 24.2 Å². The molecule has 0 N–H and O–H groups in total. The van der Waals surface area contributed by atoms with E-state index < -0.39 is 0 Å². The summed E-state index contributed by atoms with van der Waals surface area (Å²) < 4.78 is 1.64. The average Bonchev–Trinajstić information content (AvgIpc) is 3.35. The number of hydrogen-bond donors (Lipinski definition) is 0. The van der Waals surface area contributed by atoms with Crippen molar-refractivity contribution in [2.24, 2.45) is 7.05 Å². The van der Waals surface area contributed by atoms with E-state index in [2.05, 4.69) is 27.1 Å². The Morgan fingerprint density at radius 3 is 2.51 bits per heavy atom. The first-order valence-electron chi connectivity index (χ1n) is 13.3. The summed E-state index contributed by atoms with van der Waals surface area (Å²) in [6.45, 7) is 4.46. The Kier molecular flexibility index (Phi) is 7.65. The third-order valence-corrected chi connectivity index (χ3v) is 7.82. The van der Waals surface area contributed by atoms with Crippen molar-refractivity contribution in [3.8, 4) is 0 Å². The highest BCUT2D eigenvalue weighted by Gasteiger charge is 2.35. The largest absolute Gasteiger partial charge is 0.331 e. The van der Waals surface area contributed by atoms with Gasteiger partial charge < -0.3 is 9.80 Å². The first-order chi connectivity index (χ1) is 18.0. The van der Waals surface area contributed by atoms with E-state index in [0.717, 1.165) is 43.5 Å². The average molecular weight is 501 g/mol. The molecule has 2 aliphatic rings. The Hall–Kier alpha value is -3.52. The molecule has 0 saturated carbocycles.